The Morgan fingerprint density at radius 1 is 1.15 bits per heavy atom. The molecule has 1 saturated heterocycles. The molecule has 2 aromatic rings. The fourth-order valence-electron chi connectivity index (χ4n) is 3.93. The minimum atomic E-state index is -0.498. The Hall–Kier alpha value is -2.84. The van der Waals surface area contributed by atoms with Gasteiger partial charge in [0.15, 0.2) is 0 Å². The zero-order chi connectivity index (χ0) is 19.0. The lowest BCUT2D eigenvalue weighted by Crippen LogP contribution is -2.65. The normalized spacial score (nSPS) is 24.0. The molecule has 1 amide bonds. The van der Waals surface area contributed by atoms with E-state index in [9.17, 15) is 15.2 Å². The van der Waals surface area contributed by atoms with Crippen LogP contribution in [0, 0.1) is 17.2 Å². The van der Waals surface area contributed by atoms with Crippen LogP contribution in [-0.2, 0) is 4.79 Å². The minimum absolute atomic E-state index is 0.0201. The molecular formula is C22H22N2O3. The van der Waals surface area contributed by atoms with Crippen molar-refractivity contribution in [2.24, 2.45) is 5.92 Å². The third kappa shape index (κ3) is 3.07. The maximum atomic E-state index is 12.4. The number of carbonyl (C=O) groups is 1. The summed E-state index contributed by atoms with van der Waals surface area (Å²) in [6, 6.07) is 17.3. The molecule has 2 aromatic carbocycles. The van der Waals surface area contributed by atoms with Gasteiger partial charge in [-0.2, -0.15) is 5.26 Å². The molecule has 1 aliphatic heterocycles. The summed E-state index contributed by atoms with van der Waals surface area (Å²) in [5, 5.41) is 19.4. The number of nitrogens with zero attached hydrogens (tertiary/aromatic N) is 2. The lowest BCUT2D eigenvalue weighted by atomic mass is 9.75. The van der Waals surface area contributed by atoms with Crippen molar-refractivity contribution in [2.75, 3.05) is 13.7 Å². The van der Waals surface area contributed by atoms with Crippen LogP contribution < -0.4 is 4.74 Å². The smallest absolute Gasteiger partial charge is 0.227 e. The summed E-state index contributed by atoms with van der Waals surface area (Å²) in [7, 11) is 1.64. The third-order valence-corrected chi connectivity index (χ3v) is 5.63. The number of nitriles is 1. The van der Waals surface area contributed by atoms with E-state index >= 15 is 0 Å². The van der Waals surface area contributed by atoms with Gasteiger partial charge in [-0.25, -0.2) is 0 Å². The second kappa shape index (κ2) is 7.05. The lowest BCUT2D eigenvalue weighted by Gasteiger charge is -2.51. The summed E-state index contributed by atoms with van der Waals surface area (Å²) in [5.74, 6) is 0.737. The van der Waals surface area contributed by atoms with E-state index in [1.54, 1.807) is 12.0 Å². The van der Waals surface area contributed by atoms with Crippen LogP contribution in [0.4, 0.5) is 0 Å². The first-order valence-corrected chi connectivity index (χ1v) is 9.25. The van der Waals surface area contributed by atoms with Crippen molar-refractivity contribution in [3.63, 3.8) is 0 Å². The van der Waals surface area contributed by atoms with Crippen LogP contribution in [0.5, 0.6) is 5.75 Å². The van der Waals surface area contributed by atoms with Crippen LogP contribution in [-0.4, -0.2) is 41.7 Å². The summed E-state index contributed by atoms with van der Waals surface area (Å²) in [4.78, 5) is 14.0. The van der Waals surface area contributed by atoms with E-state index in [1.165, 1.54) is 0 Å². The molecule has 3 atom stereocenters. The van der Waals surface area contributed by atoms with Crippen molar-refractivity contribution < 1.29 is 14.6 Å². The van der Waals surface area contributed by atoms with Gasteiger partial charge in [-0.3, -0.25) is 4.79 Å². The molecule has 1 N–H and O–H groups in total. The quantitative estimate of drug-likeness (QED) is 0.887. The van der Waals surface area contributed by atoms with Gasteiger partial charge in [-0.15, -0.1) is 0 Å². The number of amides is 1. The van der Waals surface area contributed by atoms with Crippen LogP contribution in [0.15, 0.2) is 48.5 Å². The average Bonchev–Trinajstić information content (AvgIpc) is 3.54. The molecular weight excluding hydrogens is 340 g/mol. The van der Waals surface area contributed by atoms with Crippen LogP contribution in [0.25, 0.3) is 11.1 Å². The van der Waals surface area contributed by atoms with Crippen molar-refractivity contribution in [3.05, 3.63) is 54.1 Å². The van der Waals surface area contributed by atoms with E-state index in [0.717, 1.165) is 35.3 Å². The monoisotopic (exact) mass is 362 g/mol. The molecule has 5 heteroatoms. The van der Waals surface area contributed by atoms with Crippen LogP contribution in [0.1, 0.15) is 24.3 Å². The molecule has 1 aliphatic carbocycles. The largest absolute Gasteiger partial charge is 0.497 e. The number of likely N-dealkylation sites (tertiary alicyclic amines) is 1. The first-order chi connectivity index (χ1) is 13.2. The van der Waals surface area contributed by atoms with Gasteiger partial charge in [0.2, 0.25) is 5.91 Å². The highest BCUT2D eigenvalue weighted by atomic mass is 16.5. The summed E-state index contributed by atoms with van der Waals surface area (Å²) < 4.78 is 5.19. The number of hydrogen-bond donors (Lipinski definition) is 1. The number of methoxy groups -OCH3 is 1. The topological polar surface area (TPSA) is 73.6 Å². The predicted molar refractivity (Wildman–Crippen MR) is 101 cm³/mol. The summed E-state index contributed by atoms with van der Waals surface area (Å²) in [5.41, 5.74) is 3.13. The van der Waals surface area contributed by atoms with Gasteiger partial charge in [-0.1, -0.05) is 36.4 Å². The van der Waals surface area contributed by atoms with Crippen LogP contribution in [0.3, 0.4) is 0 Å². The number of rotatable bonds is 5. The molecule has 0 spiro atoms. The van der Waals surface area contributed by atoms with Crippen molar-refractivity contribution >= 4 is 5.91 Å². The maximum Gasteiger partial charge on any atom is 0.227 e. The van der Waals surface area contributed by atoms with Gasteiger partial charge in [0.05, 0.1) is 25.8 Å². The average molecular weight is 362 g/mol. The predicted octanol–water partition coefficient (Wildman–Crippen LogP) is 2.95. The van der Waals surface area contributed by atoms with Crippen molar-refractivity contribution in [2.45, 2.75) is 30.8 Å². The second-order valence-electron chi connectivity index (χ2n) is 7.22. The van der Waals surface area contributed by atoms with E-state index in [-0.39, 0.29) is 30.4 Å². The zero-order valence-electron chi connectivity index (χ0n) is 15.2. The van der Waals surface area contributed by atoms with E-state index in [4.69, 9.17) is 4.74 Å². The number of hydrogen-bond acceptors (Lipinski definition) is 4. The van der Waals surface area contributed by atoms with Gasteiger partial charge in [0.25, 0.3) is 0 Å². The highest BCUT2D eigenvalue weighted by Gasteiger charge is 2.53. The Morgan fingerprint density at radius 2 is 1.74 bits per heavy atom. The number of aliphatic hydroxyl groups excluding tert-OH is 1. The standard InChI is InChI=1S/C22H22N2O3/c1-27-18-10-8-15(9-11-18)14-2-4-16(5-3-14)21-19(12-23)24(20(21)13-25)22(26)17-6-7-17/h2-5,8-11,17,19-21,25H,6-7,13H2,1H3/t19-,20-,21-/m0/s1. The molecule has 2 aliphatic rings. The van der Waals surface area contributed by atoms with Crippen LogP contribution in [0.2, 0.25) is 0 Å². The van der Waals surface area contributed by atoms with Crippen LogP contribution >= 0.6 is 0 Å². The molecule has 0 bridgehead atoms. The number of benzene rings is 2. The summed E-state index contributed by atoms with van der Waals surface area (Å²) >= 11 is 0. The highest BCUT2D eigenvalue weighted by molar-refractivity contribution is 5.83. The molecule has 2 fully saturated rings. The van der Waals surface area contributed by atoms with Crippen molar-refractivity contribution in [1.29, 1.82) is 5.26 Å². The molecule has 27 heavy (non-hydrogen) atoms. The molecule has 1 heterocycles. The Morgan fingerprint density at radius 3 is 2.22 bits per heavy atom. The lowest BCUT2D eigenvalue weighted by molar-refractivity contribution is -0.148. The van der Waals surface area contributed by atoms with E-state index < -0.39 is 6.04 Å². The minimum Gasteiger partial charge on any atom is -0.497 e. The van der Waals surface area contributed by atoms with Gasteiger partial charge in [0.1, 0.15) is 11.8 Å². The fourth-order valence-corrected chi connectivity index (χ4v) is 3.93. The Bertz CT molecular complexity index is 866. The number of aliphatic hydroxyl groups is 1. The second-order valence-corrected chi connectivity index (χ2v) is 7.22. The van der Waals surface area contributed by atoms with Crippen molar-refractivity contribution in [3.8, 4) is 22.9 Å². The van der Waals surface area contributed by atoms with Gasteiger partial charge >= 0.3 is 0 Å². The molecule has 5 nitrogen and oxygen atoms in total. The molecule has 138 valence electrons. The van der Waals surface area contributed by atoms with Gasteiger partial charge in [0, 0.05) is 11.8 Å². The summed E-state index contributed by atoms with van der Waals surface area (Å²) in [6.45, 7) is -0.123. The van der Waals surface area contributed by atoms with Gasteiger partial charge in [-0.05, 0) is 41.7 Å². The van der Waals surface area contributed by atoms with E-state index in [2.05, 4.69) is 6.07 Å². The summed E-state index contributed by atoms with van der Waals surface area (Å²) in [6.07, 6.45) is 1.79. The first-order valence-electron chi connectivity index (χ1n) is 9.25. The van der Waals surface area contributed by atoms with Crippen molar-refractivity contribution in [1.82, 2.24) is 4.90 Å². The molecule has 1 saturated carbocycles. The number of carbonyl (C=O) groups excluding carboxylic acids is 1. The molecule has 0 unspecified atom stereocenters. The van der Waals surface area contributed by atoms with E-state index in [1.807, 2.05) is 48.5 Å². The highest BCUT2D eigenvalue weighted by Crippen LogP contribution is 2.44. The molecule has 0 aromatic heterocycles. The first kappa shape index (κ1) is 17.6. The van der Waals surface area contributed by atoms with Gasteiger partial charge < -0.3 is 14.7 Å². The fraction of sp³-hybridized carbons (Fsp3) is 0.364. The Kier molecular flexibility index (Phi) is 4.59. The zero-order valence-corrected chi connectivity index (χ0v) is 15.2. The molecule has 0 radical (unpaired) electrons. The SMILES string of the molecule is COc1ccc(-c2ccc([C@H]3[C@H](C#N)N(C(=O)C4CC4)[C@H]3CO)cc2)cc1. The third-order valence-electron chi connectivity index (χ3n) is 5.63. The number of ether oxygens (including phenoxy) is 1. The Balaban J connectivity index is 1.55. The Labute approximate surface area is 158 Å². The maximum absolute atomic E-state index is 12.4. The molecule has 4 rings (SSSR count). The van der Waals surface area contributed by atoms with E-state index in [0.29, 0.717) is 0 Å².